The number of anilines is 1. The van der Waals surface area contributed by atoms with E-state index < -0.39 is 0 Å². The number of benzene rings is 1. The van der Waals surface area contributed by atoms with Crippen LogP contribution in [0.2, 0.25) is 5.02 Å². The molecule has 0 radical (unpaired) electrons. The predicted octanol–water partition coefficient (Wildman–Crippen LogP) is 4.08. The molecule has 1 saturated heterocycles. The van der Waals surface area contributed by atoms with E-state index in [1.807, 2.05) is 6.07 Å². The van der Waals surface area contributed by atoms with Gasteiger partial charge in [0, 0.05) is 30.3 Å². The normalized spacial score (nSPS) is 18.6. The second-order valence-corrected chi connectivity index (χ2v) is 6.68. The largest absolute Gasteiger partial charge is 0.371 e. The molecule has 1 aromatic rings. The first-order valence-corrected chi connectivity index (χ1v) is 7.64. The average Bonchev–Trinajstić information content (AvgIpc) is 2.35. The van der Waals surface area contributed by atoms with Crippen LogP contribution >= 0.6 is 11.6 Å². The maximum atomic E-state index is 6.14. The van der Waals surface area contributed by atoms with Gasteiger partial charge in [0.05, 0.1) is 0 Å². The van der Waals surface area contributed by atoms with Gasteiger partial charge in [0.15, 0.2) is 0 Å². The van der Waals surface area contributed by atoms with Crippen molar-refractivity contribution in [3.63, 3.8) is 0 Å². The number of hydrogen-bond acceptors (Lipinski definition) is 2. The molecule has 0 aliphatic carbocycles. The molecule has 1 aromatic carbocycles. The zero-order valence-corrected chi connectivity index (χ0v) is 13.1. The molecule has 1 N–H and O–H groups in total. The lowest BCUT2D eigenvalue weighted by Gasteiger charge is -2.40. The molecule has 0 bridgehead atoms. The van der Waals surface area contributed by atoms with E-state index in [2.05, 4.69) is 43.1 Å². The van der Waals surface area contributed by atoms with Crippen LogP contribution in [0.1, 0.15) is 39.2 Å². The molecule has 19 heavy (non-hydrogen) atoms. The molecule has 1 aliphatic heterocycles. The van der Waals surface area contributed by atoms with Gasteiger partial charge in [-0.1, -0.05) is 32.4 Å². The Balaban J connectivity index is 2.22. The standard InChI is InChI=1S/C16H25ClN2/c1-4-18-11-13-10-14(17)6-7-15(13)19-9-5-8-16(2,3)12-19/h6-7,10,18H,4-5,8-9,11-12H2,1-3H3. The first kappa shape index (κ1) is 14.7. The summed E-state index contributed by atoms with van der Waals surface area (Å²) in [7, 11) is 0. The van der Waals surface area contributed by atoms with Gasteiger partial charge < -0.3 is 10.2 Å². The molecule has 0 spiro atoms. The summed E-state index contributed by atoms with van der Waals surface area (Å²) in [6, 6.07) is 6.28. The predicted molar refractivity (Wildman–Crippen MR) is 84.1 cm³/mol. The Labute approximate surface area is 122 Å². The smallest absolute Gasteiger partial charge is 0.0413 e. The van der Waals surface area contributed by atoms with Crippen molar-refractivity contribution in [3.8, 4) is 0 Å². The number of halogens is 1. The van der Waals surface area contributed by atoms with Gasteiger partial charge in [0.25, 0.3) is 0 Å². The molecule has 0 saturated carbocycles. The highest BCUT2D eigenvalue weighted by atomic mass is 35.5. The van der Waals surface area contributed by atoms with Crippen molar-refractivity contribution in [2.24, 2.45) is 5.41 Å². The molecule has 0 unspecified atom stereocenters. The third kappa shape index (κ3) is 3.87. The Bertz CT molecular complexity index is 429. The molecule has 2 nitrogen and oxygen atoms in total. The Kier molecular flexibility index (Phi) is 4.75. The lowest BCUT2D eigenvalue weighted by Crippen LogP contribution is -2.40. The second kappa shape index (κ2) is 6.15. The van der Waals surface area contributed by atoms with Crippen molar-refractivity contribution in [1.29, 1.82) is 0 Å². The summed E-state index contributed by atoms with van der Waals surface area (Å²) in [5, 5.41) is 4.23. The monoisotopic (exact) mass is 280 g/mol. The fourth-order valence-corrected chi connectivity index (χ4v) is 3.09. The number of piperidine rings is 1. The van der Waals surface area contributed by atoms with Crippen molar-refractivity contribution in [2.75, 3.05) is 24.5 Å². The van der Waals surface area contributed by atoms with Gasteiger partial charge in [-0.2, -0.15) is 0 Å². The van der Waals surface area contributed by atoms with Crippen LogP contribution < -0.4 is 10.2 Å². The van der Waals surface area contributed by atoms with Crippen LogP contribution in [0.5, 0.6) is 0 Å². The topological polar surface area (TPSA) is 15.3 Å². The number of hydrogen-bond donors (Lipinski definition) is 1. The molecule has 1 aliphatic rings. The summed E-state index contributed by atoms with van der Waals surface area (Å²) >= 11 is 6.14. The molecule has 106 valence electrons. The minimum absolute atomic E-state index is 0.410. The van der Waals surface area contributed by atoms with E-state index in [9.17, 15) is 0 Å². The molecule has 0 aromatic heterocycles. The van der Waals surface area contributed by atoms with Crippen LogP contribution in [0.3, 0.4) is 0 Å². The first-order chi connectivity index (χ1) is 9.02. The highest BCUT2D eigenvalue weighted by Crippen LogP contribution is 2.33. The Morgan fingerprint density at radius 1 is 1.37 bits per heavy atom. The zero-order chi connectivity index (χ0) is 13.9. The Hall–Kier alpha value is -0.730. The molecule has 0 atom stereocenters. The number of nitrogens with zero attached hydrogens (tertiary/aromatic N) is 1. The summed E-state index contributed by atoms with van der Waals surface area (Å²) in [6.07, 6.45) is 2.59. The molecule has 1 heterocycles. The zero-order valence-electron chi connectivity index (χ0n) is 12.3. The van der Waals surface area contributed by atoms with Gasteiger partial charge >= 0.3 is 0 Å². The highest BCUT2D eigenvalue weighted by molar-refractivity contribution is 6.30. The van der Waals surface area contributed by atoms with E-state index in [1.54, 1.807) is 0 Å². The van der Waals surface area contributed by atoms with Gasteiger partial charge in [0.2, 0.25) is 0 Å². The molecule has 1 fully saturated rings. The number of rotatable bonds is 4. The van der Waals surface area contributed by atoms with Crippen LogP contribution in [0.25, 0.3) is 0 Å². The van der Waals surface area contributed by atoms with E-state index in [1.165, 1.54) is 24.1 Å². The maximum Gasteiger partial charge on any atom is 0.0413 e. The van der Waals surface area contributed by atoms with Crippen molar-refractivity contribution >= 4 is 17.3 Å². The van der Waals surface area contributed by atoms with Gasteiger partial charge in [-0.3, -0.25) is 0 Å². The average molecular weight is 281 g/mol. The van der Waals surface area contributed by atoms with Gasteiger partial charge in [-0.05, 0) is 48.6 Å². The van der Waals surface area contributed by atoms with Crippen molar-refractivity contribution in [3.05, 3.63) is 28.8 Å². The fourth-order valence-electron chi connectivity index (χ4n) is 2.89. The lowest BCUT2D eigenvalue weighted by atomic mass is 9.84. The summed E-state index contributed by atoms with van der Waals surface area (Å²) in [6.45, 7) is 11.0. The van der Waals surface area contributed by atoms with E-state index in [0.717, 1.165) is 31.2 Å². The molecular weight excluding hydrogens is 256 g/mol. The summed E-state index contributed by atoms with van der Waals surface area (Å²) in [5.41, 5.74) is 3.07. The third-order valence-electron chi connectivity index (χ3n) is 3.85. The summed E-state index contributed by atoms with van der Waals surface area (Å²) in [4.78, 5) is 2.52. The quantitative estimate of drug-likeness (QED) is 0.894. The van der Waals surface area contributed by atoms with E-state index in [-0.39, 0.29) is 0 Å². The molecular formula is C16H25ClN2. The summed E-state index contributed by atoms with van der Waals surface area (Å²) < 4.78 is 0. The Morgan fingerprint density at radius 2 is 2.16 bits per heavy atom. The van der Waals surface area contributed by atoms with Crippen LogP contribution in [-0.2, 0) is 6.54 Å². The molecule has 2 rings (SSSR count). The van der Waals surface area contributed by atoms with Crippen LogP contribution in [0, 0.1) is 5.41 Å². The van der Waals surface area contributed by atoms with Gasteiger partial charge in [0.1, 0.15) is 0 Å². The van der Waals surface area contributed by atoms with Crippen molar-refractivity contribution < 1.29 is 0 Å². The highest BCUT2D eigenvalue weighted by Gasteiger charge is 2.27. The van der Waals surface area contributed by atoms with Gasteiger partial charge in [-0.15, -0.1) is 0 Å². The van der Waals surface area contributed by atoms with Crippen LogP contribution in [0.15, 0.2) is 18.2 Å². The number of nitrogens with one attached hydrogen (secondary N) is 1. The Morgan fingerprint density at radius 3 is 2.84 bits per heavy atom. The fraction of sp³-hybridized carbons (Fsp3) is 0.625. The van der Waals surface area contributed by atoms with E-state index >= 15 is 0 Å². The van der Waals surface area contributed by atoms with Gasteiger partial charge in [-0.25, -0.2) is 0 Å². The van der Waals surface area contributed by atoms with Crippen molar-refractivity contribution in [1.82, 2.24) is 5.32 Å². The van der Waals surface area contributed by atoms with Crippen LogP contribution in [0.4, 0.5) is 5.69 Å². The van der Waals surface area contributed by atoms with E-state index in [0.29, 0.717) is 5.41 Å². The maximum absolute atomic E-state index is 6.14. The first-order valence-electron chi connectivity index (χ1n) is 7.26. The minimum atomic E-state index is 0.410. The molecule has 3 heteroatoms. The lowest BCUT2D eigenvalue weighted by molar-refractivity contribution is 0.293. The van der Waals surface area contributed by atoms with E-state index in [4.69, 9.17) is 11.6 Å². The van der Waals surface area contributed by atoms with Crippen LogP contribution in [-0.4, -0.2) is 19.6 Å². The minimum Gasteiger partial charge on any atom is -0.371 e. The third-order valence-corrected chi connectivity index (χ3v) is 4.08. The second-order valence-electron chi connectivity index (χ2n) is 6.24. The molecule has 0 amide bonds. The summed E-state index contributed by atoms with van der Waals surface area (Å²) in [5.74, 6) is 0. The van der Waals surface area contributed by atoms with Crippen molar-refractivity contribution in [2.45, 2.75) is 40.2 Å². The SMILES string of the molecule is CCNCc1cc(Cl)ccc1N1CCCC(C)(C)C1.